The van der Waals surface area contributed by atoms with Crippen molar-refractivity contribution in [2.45, 2.75) is 31.8 Å². The van der Waals surface area contributed by atoms with Crippen molar-refractivity contribution in [3.8, 4) is 5.75 Å². The fourth-order valence-corrected chi connectivity index (χ4v) is 4.24. The molecule has 1 N–H and O–H groups in total. The lowest BCUT2D eigenvalue weighted by Crippen LogP contribution is -2.42. The van der Waals surface area contributed by atoms with Gasteiger partial charge >= 0.3 is 0 Å². The number of hydrogen-bond donors (Lipinski definition) is 1. The van der Waals surface area contributed by atoms with Gasteiger partial charge in [0.05, 0.1) is 0 Å². The largest absolute Gasteiger partial charge is 0.478 e. The van der Waals surface area contributed by atoms with Crippen molar-refractivity contribution in [1.82, 2.24) is 10.2 Å². The highest BCUT2D eigenvalue weighted by molar-refractivity contribution is 7.15. The van der Waals surface area contributed by atoms with Crippen LogP contribution in [0.1, 0.15) is 31.2 Å². The summed E-state index contributed by atoms with van der Waals surface area (Å²) in [5, 5.41) is 12.5. The highest BCUT2D eigenvalue weighted by Gasteiger charge is 2.35. The third-order valence-electron chi connectivity index (χ3n) is 5.01. The maximum absolute atomic E-state index is 13.2. The van der Waals surface area contributed by atoms with E-state index in [1.807, 2.05) is 0 Å². The molecule has 1 aliphatic rings. The number of nitrogens with one attached hydrogen (secondary N) is 1. The van der Waals surface area contributed by atoms with Crippen molar-refractivity contribution in [1.29, 1.82) is 0 Å². The number of aromatic nitrogens is 2. The smallest absolute Gasteiger partial charge is 0.269 e. The topological polar surface area (TPSA) is 84.4 Å². The minimum Gasteiger partial charge on any atom is -0.478 e. The molecule has 1 aromatic heterocycles. The van der Waals surface area contributed by atoms with E-state index in [0.717, 1.165) is 0 Å². The van der Waals surface area contributed by atoms with Crippen LogP contribution in [0.2, 0.25) is 5.02 Å². The van der Waals surface area contributed by atoms with Crippen molar-refractivity contribution < 1.29 is 18.7 Å². The first-order valence-electron chi connectivity index (χ1n) is 9.86. The number of carbonyl (C=O) groups excluding carboxylic acids is 2. The van der Waals surface area contributed by atoms with E-state index in [0.29, 0.717) is 33.1 Å². The predicted octanol–water partition coefficient (Wildman–Crippen LogP) is 4.65. The zero-order valence-corrected chi connectivity index (χ0v) is 18.9. The molecular formula is C22H20ClFN4O3S. The predicted molar refractivity (Wildman–Crippen MR) is 121 cm³/mol. The van der Waals surface area contributed by atoms with E-state index in [1.165, 1.54) is 23.5 Å². The molecule has 166 valence electrons. The quantitative estimate of drug-likeness (QED) is 0.562. The first kappa shape index (κ1) is 22.2. The molecule has 1 aliphatic heterocycles. The van der Waals surface area contributed by atoms with Crippen molar-refractivity contribution in [2.24, 2.45) is 0 Å². The van der Waals surface area contributed by atoms with Crippen molar-refractivity contribution >= 4 is 45.6 Å². The molecule has 2 amide bonds. The van der Waals surface area contributed by atoms with Gasteiger partial charge in [-0.05, 0) is 62.4 Å². The molecule has 0 bridgehead atoms. The molecule has 3 aromatic rings. The summed E-state index contributed by atoms with van der Waals surface area (Å²) in [6, 6.07) is 12.5. The number of carbonyl (C=O) groups is 2. The van der Waals surface area contributed by atoms with Gasteiger partial charge in [-0.15, -0.1) is 10.2 Å². The second-order valence-corrected chi connectivity index (χ2v) is 9.29. The van der Waals surface area contributed by atoms with Gasteiger partial charge in [-0.1, -0.05) is 22.9 Å². The molecule has 7 nitrogen and oxygen atoms in total. The zero-order chi connectivity index (χ0) is 22.9. The van der Waals surface area contributed by atoms with Gasteiger partial charge in [-0.3, -0.25) is 14.9 Å². The van der Waals surface area contributed by atoms with Gasteiger partial charge in [0.1, 0.15) is 16.6 Å². The average Bonchev–Trinajstić information content (AvgIpc) is 3.37. The molecule has 2 heterocycles. The Labute approximate surface area is 193 Å². The van der Waals surface area contributed by atoms with Crippen LogP contribution in [0.25, 0.3) is 0 Å². The summed E-state index contributed by atoms with van der Waals surface area (Å²) >= 11 is 7.10. The second kappa shape index (κ2) is 8.84. The van der Waals surface area contributed by atoms with Crippen molar-refractivity contribution in [2.75, 3.05) is 16.8 Å². The summed E-state index contributed by atoms with van der Waals surface area (Å²) in [7, 11) is 0. The number of hydrogen-bond acceptors (Lipinski definition) is 6. The van der Waals surface area contributed by atoms with E-state index in [1.54, 1.807) is 55.1 Å². The Bertz CT molecular complexity index is 1130. The van der Waals surface area contributed by atoms with Crippen molar-refractivity contribution in [3.05, 3.63) is 64.4 Å². The van der Waals surface area contributed by atoms with Crippen molar-refractivity contribution in [3.63, 3.8) is 0 Å². The minimum atomic E-state index is -1.16. The summed E-state index contributed by atoms with van der Waals surface area (Å²) in [4.78, 5) is 26.8. The van der Waals surface area contributed by atoms with Gasteiger partial charge in [0.2, 0.25) is 11.0 Å². The summed E-state index contributed by atoms with van der Waals surface area (Å²) in [5.74, 6) is -0.457. The van der Waals surface area contributed by atoms with Gasteiger partial charge in [-0.2, -0.15) is 0 Å². The Hall–Kier alpha value is -3.04. The Morgan fingerprint density at radius 3 is 2.56 bits per heavy atom. The van der Waals surface area contributed by atoms with E-state index in [2.05, 4.69) is 15.5 Å². The molecule has 4 rings (SSSR count). The Kier molecular flexibility index (Phi) is 6.12. The van der Waals surface area contributed by atoms with E-state index in [9.17, 15) is 14.0 Å². The number of rotatable bonds is 6. The highest BCUT2D eigenvalue weighted by atomic mass is 35.5. The van der Waals surface area contributed by atoms with E-state index >= 15 is 0 Å². The second-order valence-electron chi connectivity index (χ2n) is 7.85. The third kappa shape index (κ3) is 4.89. The minimum absolute atomic E-state index is 0.0695. The molecule has 0 radical (unpaired) electrons. The van der Waals surface area contributed by atoms with Gasteiger partial charge in [0.25, 0.3) is 5.91 Å². The average molecular weight is 475 g/mol. The molecule has 1 fully saturated rings. The number of halogens is 2. The van der Waals surface area contributed by atoms with Crippen LogP contribution in [-0.2, 0) is 9.59 Å². The van der Waals surface area contributed by atoms with Crippen LogP contribution < -0.4 is 15.0 Å². The fraction of sp³-hybridized carbons (Fsp3) is 0.273. The Morgan fingerprint density at radius 2 is 1.88 bits per heavy atom. The summed E-state index contributed by atoms with van der Waals surface area (Å²) in [6.07, 6.45) is 0.269. The molecule has 2 aromatic carbocycles. The SMILES string of the molecule is CC(C)(Oc1ccc(Cl)cc1)C(=O)Nc1nnc(C2CC(=O)N(c3ccc(F)cc3)C2)s1. The number of ether oxygens (including phenoxy) is 1. The lowest BCUT2D eigenvalue weighted by molar-refractivity contribution is -0.128. The number of amides is 2. The van der Waals surface area contributed by atoms with Crippen LogP contribution in [0.15, 0.2) is 48.5 Å². The zero-order valence-electron chi connectivity index (χ0n) is 17.3. The first-order chi connectivity index (χ1) is 15.2. The normalized spacial score (nSPS) is 16.3. The lowest BCUT2D eigenvalue weighted by atomic mass is 10.1. The molecule has 1 unspecified atom stereocenters. The molecule has 1 saturated heterocycles. The molecule has 10 heteroatoms. The van der Waals surface area contributed by atoms with Gasteiger partial charge in [0, 0.05) is 29.6 Å². The highest BCUT2D eigenvalue weighted by Crippen LogP contribution is 2.34. The van der Waals surface area contributed by atoms with Crippen LogP contribution in [0.4, 0.5) is 15.2 Å². The molecule has 0 spiro atoms. The number of anilines is 2. The lowest BCUT2D eigenvalue weighted by Gasteiger charge is -2.24. The van der Waals surface area contributed by atoms with E-state index in [-0.39, 0.29) is 30.0 Å². The number of nitrogens with zero attached hydrogens (tertiary/aromatic N) is 3. The first-order valence-corrected chi connectivity index (χ1v) is 11.1. The molecule has 0 saturated carbocycles. The summed E-state index contributed by atoms with van der Waals surface area (Å²) in [6.45, 7) is 3.71. The van der Waals surface area contributed by atoms with E-state index in [4.69, 9.17) is 16.3 Å². The van der Waals surface area contributed by atoms with Crippen LogP contribution in [0.5, 0.6) is 5.75 Å². The summed E-state index contributed by atoms with van der Waals surface area (Å²) < 4.78 is 19.0. The number of benzene rings is 2. The molecule has 32 heavy (non-hydrogen) atoms. The standard InChI is InChI=1S/C22H20ClFN4O3S/c1-22(2,31-17-9-3-14(23)4-10-17)20(30)25-21-27-26-19(32-21)13-11-18(29)28(12-13)16-7-5-15(24)6-8-16/h3-10,13H,11-12H2,1-2H3,(H,25,27,30). The molecule has 0 aliphatic carbocycles. The fourth-order valence-electron chi connectivity index (χ4n) is 3.28. The van der Waals surface area contributed by atoms with Gasteiger partial charge in [-0.25, -0.2) is 4.39 Å². The van der Waals surface area contributed by atoms with Crippen LogP contribution in [0.3, 0.4) is 0 Å². The summed E-state index contributed by atoms with van der Waals surface area (Å²) in [5.41, 5.74) is -0.527. The molecule has 1 atom stereocenters. The van der Waals surface area contributed by atoms with Gasteiger partial charge < -0.3 is 9.64 Å². The maximum Gasteiger partial charge on any atom is 0.269 e. The van der Waals surface area contributed by atoms with E-state index < -0.39 is 5.60 Å². The van der Waals surface area contributed by atoms with Gasteiger partial charge in [0.15, 0.2) is 5.60 Å². The van der Waals surface area contributed by atoms with Crippen LogP contribution in [0, 0.1) is 5.82 Å². The Morgan fingerprint density at radius 1 is 1.19 bits per heavy atom. The van der Waals surface area contributed by atoms with Crippen LogP contribution >= 0.6 is 22.9 Å². The maximum atomic E-state index is 13.2. The molecular weight excluding hydrogens is 455 g/mol. The third-order valence-corrected chi connectivity index (χ3v) is 6.26. The van der Waals surface area contributed by atoms with Crippen LogP contribution in [-0.4, -0.2) is 34.2 Å². The monoisotopic (exact) mass is 474 g/mol. The Balaban J connectivity index is 1.40.